The maximum atomic E-state index is 10.9. The van der Waals surface area contributed by atoms with Crippen molar-refractivity contribution in [2.75, 3.05) is 24.2 Å². The summed E-state index contributed by atoms with van der Waals surface area (Å²) in [6.45, 7) is 0.684. The number of aryl methyl sites for hydroxylation is 1. The molecule has 0 unspecified atom stereocenters. The van der Waals surface area contributed by atoms with Crippen LogP contribution in [0.3, 0.4) is 0 Å². The summed E-state index contributed by atoms with van der Waals surface area (Å²) >= 11 is 0. The Morgan fingerprint density at radius 3 is 2.70 bits per heavy atom. The molecule has 20 heavy (non-hydrogen) atoms. The summed E-state index contributed by atoms with van der Waals surface area (Å²) in [7, 11) is 3.63. The summed E-state index contributed by atoms with van der Waals surface area (Å²) in [4.78, 5) is 10.5. The number of nitro groups is 1. The molecule has 0 aliphatic carbocycles. The van der Waals surface area contributed by atoms with Crippen molar-refractivity contribution in [3.8, 4) is 0 Å². The van der Waals surface area contributed by atoms with Gasteiger partial charge in [0.05, 0.1) is 4.92 Å². The lowest BCUT2D eigenvalue weighted by molar-refractivity contribution is -0.384. The summed E-state index contributed by atoms with van der Waals surface area (Å²) in [6.07, 6.45) is 2.55. The number of hydrogen-bond acceptors (Lipinski definition) is 5. The molecule has 1 aromatic heterocycles. The highest BCUT2D eigenvalue weighted by molar-refractivity contribution is 5.63. The van der Waals surface area contributed by atoms with E-state index in [1.807, 2.05) is 23.9 Å². The van der Waals surface area contributed by atoms with E-state index in [1.165, 1.54) is 12.1 Å². The van der Waals surface area contributed by atoms with Gasteiger partial charge >= 0.3 is 0 Å². The van der Waals surface area contributed by atoms with Crippen LogP contribution in [0.4, 0.5) is 17.1 Å². The van der Waals surface area contributed by atoms with Crippen LogP contribution in [0.15, 0.2) is 30.5 Å². The predicted molar refractivity (Wildman–Crippen MR) is 78.0 cm³/mol. The van der Waals surface area contributed by atoms with Crippen LogP contribution in [0.5, 0.6) is 0 Å². The first-order chi connectivity index (χ1) is 9.60. The fraction of sp³-hybridized carbons (Fsp3) is 0.308. The minimum Gasteiger partial charge on any atom is -0.388 e. The molecule has 7 nitrogen and oxygen atoms in total. The van der Waals surface area contributed by atoms with Gasteiger partial charge in [-0.05, 0) is 12.1 Å². The van der Waals surface area contributed by atoms with Crippen molar-refractivity contribution in [3.05, 3.63) is 46.3 Å². The minimum absolute atomic E-state index is 0.0693. The second kappa shape index (κ2) is 6.05. The van der Waals surface area contributed by atoms with Crippen molar-refractivity contribution in [2.45, 2.75) is 6.42 Å². The van der Waals surface area contributed by atoms with Gasteiger partial charge in [-0.15, -0.1) is 0 Å². The van der Waals surface area contributed by atoms with Crippen LogP contribution in [-0.2, 0) is 13.5 Å². The fourth-order valence-corrected chi connectivity index (χ4v) is 1.94. The number of rotatable bonds is 6. The van der Waals surface area contributed by atoms with Crippen molar-refractivity contribution < 1.29 is 4.92 Å². The van der Waals surface area contributed by atoms with E-state index >= 15 is 0 Å². The molecule has 0 saturated heterocycles. The smallest absolute Gasteiger partial charge is 0.273 e. The molecule has 2 aromatic rings. The van der Waals surface area contributed by atoms with E-state index in [2.05, 4.69) is 15.7 Å². The molecular weight excluding hydrogens is 258 g/mol. The highest BCUT2D eigenvalue weighted by Crippen LogP contribution is 2.23. The zero-order valence-electron chi connectivity index (χ0n) is 11.5. The fourth-order valence-electron chi connectivity index (χ4n) is 1.94. The minimum atomic E-state index is -0.396. The van der Waals surface area contributed by atoms with Crippen molar-refractivity contribution >= 4 is 17.1 Å². The Morgan fingerprint density at radius 2 is 2.10 bits per heavy atom. The second-order valence-corrected chi connectivity index (χ2v) is 4.40. The number of non-ortho nitro benzene ring substituents is 1. The summed E-state index contributed by atoms with van der Waals surface area (Å²) in [5.41, 5.74) is 2.62. The number of hydrogen-bond donors (Lipinski definition) is 2. The molecule has 0 aliphatic rings. The molecule has 106 valence electrons. The van der Waals surface area contributed by atoms with E-state index in [-0.39, 0.29) is 5.69 Å². The highest BCUT2D eigenvalue weighted by Gasteiger charge is 2.09. The first-order valence-corrected chi connectivity index (χ1v) is 6.28. The average Bonchev–Trinajstić information content (AvgIpc) is 2.84. The van der Waals surface area contributed by atoms with Gasteiger partial charge in [-0.3, -0.25) is 14.8 Å². The summed E-state index contributed by atoms with van der Waals surface area (Å²) in [5.74, 6) is 0. The molecular formula is C13H17N5O2. The van der Waals surface area contributed by atoms with Crippen molar-refractivity contribution in [1.82, 2.24) is 9.78 Å². The Labute approximate surface area is 116 Å². The Morgan fingerprint density at radius 1 is 1.35 bits per heavy atom. The predicted octanol–water partition coefficient (Wildman–Crippen LogP) is 2.02. The summed E-state index contributed by atoms with van der Waals surface area (Å²) < 4.78 is 1.81. The summed E-state index contributed by atoms with van der Waals surface area (Å²) in [6, 6.07) is 6.83. The molecule has 0 fully saturated rings. The van der Waals surface area contributed by atoms with Gasteiger partial charge in [-0.25, -0.2) is 0 Å². The molecule has 0 aliphatic heterocycles. The zero-order chi connectivity index (χ0) is 14.5. The summed E-state index contributed by atoms with van der Waals surface area (Å²) in [5, 5.41) is 21.1. The van der Waals surface area contributed by atoms with Crippen LogP contribution in [0.2, 0.25) is 0 Å². The number of anilines is 2. The molecule has 1 aromatic carbocycles. The molecule has 1 heterocycles. The van der Waals surface area contributed by atoms with Gasteiger partial charge in [-0.2, -0.15) is 5.10 Å². The van der Waals surface area contributed by atoms with Crippen molar-refractivity contribution in [2.24, 2.45) is 7.05 Å². The Kier molecular flexibility index (Phi) is 4.19. The maximum Gasteiger partial charge on any atom is 0.273 e. The van der Waals surface area contributed by atoms with E-state index in [0.29, 0.717) is 12.2 Å². The standard InChI is InChI=1S/C13H17N5O2/c1-14-10-7-11(9-13(8-10)18(19)20)15-5-3-12-4-6-16-17(12)2/h4,6-9,14-15H,3,5H2,1-2H3. The lowest BCUT2D eigenvalue weighted by Gasteiger charge is -2.09. The lowest BCUT2D eigenvalue weighted by Crippen LogP contribution is -2.08. The third kappa shape index (κ3) is 3.25. The van der Waals surface area contributed by atoms with Gasteiger partial charge in [0.2, 0.25) is 0 Å². The molecule has 0 radical (unpaired) electrons. The number of nitrogens with one attached hydrogen (secondary N) is 2. The van der Waals surface area contributed by atoms with Gasteiger partial charge in [0.25, 0.3) is 5.69 Å². The Bertz CT molecular complexity index is 609. The topological polar surface area (TPSA) is 85.0 Å². The Hall–Kier alpha value is -2.57. The van der Waals surface area contributed by atoms with E-state index < -0.39 is 4.92 Å². The molecule has 7 heteroatoms. The van der Waals surface area contributed by atoms with Crippen LogP contribution in [0, 0.1) is 10.1 Å². The molecule has 0 spiro atoms. The highest BCUT2D eigenvalue weighted by atomic mass is 16.6. The van der Waals surface area contributed by atoms with Gasteiger partial charge in [0, 0.05) is 62.5 Å². The zero-order valence-corrected chi connectivity index (χ0v) is 11.5. The first kappa shape index (κ1) is 13.9. The van der Waals surface area contributed by atoms with Crippen LogP contribution >= 0.6 is 0 Å². The van der Waals surface area contributed by atoms with Gasteiger partial charge in [-0.1, -0.05) is 0 Å². The molecule has 0 amide bonds. The number of nitro benzene ring substituents is 1. The first-order valence-electron chi connectivity index (χ1n) is 6.28. The third-order valence-corrected chi connectivity index (χ3v) is 3.05. The maximum absolute atomic E-state index is 10.9. The lowest BCUT2D eigenvalue weighted by atomic mass is 10.2. The monoisotopic (exact) mass is 275 g/mol. The molecule has 2 N–H and O–H groups in total. The number of benzene rings is 1. The normalized spacial score (nSPS) is 10.3. The average molecular weight is 275 g/mol. The SMILES string of the molecule is CNc1cc(NCCc2ccnn2C)cc([N+](=O)[O-])c1. The molecule has 0 saturated carbocycles. The molecule has 0 atom stereocenters. The number of nitrogens with zero attached hydrogens (tertiary/aromatic N) is 3. The van der Waals surface area contributed by atoms with Gasteiger partial charge < -0.3 is 10.6 Å². The van der Waals surface area contributed by atoms with E-state index in [9.17, 15) is 10.1 Å². The van der Waals surface area contributed by atoms with E-state index in [1.54, 1.807) is 13.2 Å². The van der Waals surface area contributed by atoms with Crippen molar-refractivity contribution in [3.63, 3.8) is 0 Å². The molecule has 0 bridgehead atoms. The van der Waals surface area contributed by atoms with E-state index in [0.717, 1.165) is 17.8 Å². The van der Waals surface area contributed by atoms with Crippen LogP contribution in [0.1, 0.15) is 5.69 Å². The van der Waals surface area contributed by atoms with Crippen LogP contribution < -0.4 is 10.6 Å². The van der Waals surface area contributed by atoms with Crippen molar-refractivity contribution in [1.29, 1.82) is 0 Å². The van der Waals surface area contributed by atoms with Crippen LogP contribution in [0.25, 0.3) is 0 Å². The quantitative estimate of drug-likeness (QED) is 0.622. The third-order valence-electron chi connectivity index (χ3n) is 3.05. The van der Waals surface area contributed by atoms with Gasteiger partial charge in [0.15, 0.2) is 0 Å². The second-order valence-electron chi connectivity index (χ2n) is 4.40. The Balaban J connectivity index is 2.03. The van der Waals surface area contributed by atoms with Crippen LogP contribution in [-0.4, -0.2) is 28.3 Å². The van der Waals surface area contributed by atoms with Gasteiger partial charge in [0.1, 0.15) is 0 Å². The number of aromatic nitrogens is 2. The largest absolute Gasteiger partial charge is 0.388 e. The van der Waals surface area contributed by atoms with E-state index in [4.69, 9.17) is 0 Å². The molecule has 2 rings (SSSR count).